The molecule has 2 aromatic rings. The van der Waals surface area contributed by atoms with Gasteiger partial charge >= 0.3 is 5.97 Å². The summed E-state index contributed by atoms with van der Waals surface area (Å²) in [5.41, 5.74) is 1.41. The van der Waals surface area contributed by atoms with Crippen LogP contribution < -0.4 is 4.90 Å². The second kappa shape index (κ2) is 5.47. The second-order valence-corrected chi connectivity index (χ2v) is 6.09. The molecule has 0 aromatic carbocycles. The van der Waals surface area contributed by atoms with E-state index in [1.54, 1.807) is 31.1 Å². The zero-order valence-corrected chi connectivity index (χ0v) is 13.2. The molecule has 2 aromatic heterocycles. The molecule has 1 aliphatic rings. The standard InChI is InChI=1S/C15H13N3O4S/c1-8-5-10(15(19)20)14(18(21)22)9(2)17(8)12-7-23-13-3-4-16-6-11(12)13/h3-7,10H,1-2H3,(H,19,20). The third-order valence-electron chi connectivity index (χ3n) is 3.82. The first-order chi connectivity index (χ1) is 10.9. The highest BCUT2D eigenvalue weighted by Crippen LogP contribution is 2.40. The monoisotopic (exact) mass is 331 g/mol. The largest absolute Gasteiger partial charge is 0.480 e. The Kier molecular flexibility index (Phi) is 3.61. The lowest BCUT2D eigenvalue weighted by Crippen LogP contribution is -2.32. The molecule has 0 saturated heterocycles. The highest BCUT2D eigenvalue weighted by atomic mass is 32.1. The van der Waals surface area contributed by atoms with Crippen molar-refractivity contribution in [2.75, 3.05) is 4.90 Å². The van der Waals surface area contributed by atoms with Gasteiger partial charge in [0.05, 0.1) is 16.3 Å². The van der Waals surface area contributed by atoms with Crippen LogP contribution in [0.3, 0.4) is 0 Å². The number of carboxylic acid groups (broad SMARTS) is 1. The number of hydrogen-bond acceptors (Lipinski definition) is 6. The summed E-state index contributed by atoms with van der Waals surface area (Å²) in [4.78, 5) is 28.0. The molecule has 0 amide bonds. The van der Waals surface area contributed by atoms with Crippen LogP contribution in [0.1, 0.15) is 13.8 Å². The number of hydrogen-bond donors (Lipinski definition) is 1. The fourth-order valence-corrected chi connectivity index (χ4v) is 3.73. The summed E-state index contributed by atoms with van der Waals surface area (Å²) in [6.45, 7) is 3.32. The molecule has 0 aliphatic carbocycles. The first-order valence-electron chi connectivity index (χ1n) is 6.79. The van der Waals surface area contributed by atoms with Crippen molar-refractivity contribution in [1.29, 1.82) is 0 Å². The van der Waals surface area contributed by atoms with Gasteiger partial charge in [0.25, 0.3) is 5.70 Å². The SMILES string of the molecule is CC1=CC(C(=O)O)C([N+](=O)[O-])=C(C)N1c1csc2ccncc12. The Balaban J connectivity index is 2.21. The van der Waals surface area contributed by atoms with Gasteiger partial charge in [-0.05, 0) is 26.0 Å². The van der Waals surface area contributed by atoms with Gasteiger partial charge in [-0.1, -0.05) is 0 Å². The number of nitro groups is 1. The third-order valence-corrected chi connectivity index (χ3v) is 4.77. The van der Waals surface area contributed by atoms with Gasteiger partial charge in [-0.2, -0.15) is 0 Å². The summed E-state index contributed by atoms with van der Waals surface area (Å²) in [7, 11) is 0. The highest BCUT2D eigenvalue weighted by Gasteiger charge is 2.39. The van der Waals surface area contributed by atoms with Crippen molar-refractivity contribution in [3.63, 3.8) is 0 Å². The van der Waals surface area contributed by atoms with Crippen LogP contribution in [0, 0.1) is 16.0 Å². The minimum absolute atomic E-state index is 0.311. The van der Waals surface area contributed by atoms with E-state index in [4.69, 9.17) is 0 Å². The number of carbonyl (C=O) groups is 1. The number of fused-ring (bicyclic) bond motifs is 1. The predicted molar refractivity (Wildman–Crippen MR) is 86.7 cm³/mol. The van der Waals surface area contributed by atoms with Crippen molar-refractivity contribution in [3.8, 4) is 0 Å². The van der Waals surface area contributed by atoms with Crippen LogP contribution in [0.5, 0.6) is 0 Å². The molecule has 1 N–H and O–H groups in total. The minimum Gasteiger partial charge on any atom is -0.480 e. The molecule has 8 heteroatoms. The number of aliphatic carboxylic acids is 1. The summed E-state index contributed by atoms with van der Waals surface area (Å²) >= 11 is 1.51. The summed E-state index contributed by atoms with van der Waals surface area (Å²) in [6, 6.07) is 1.88. The van der Waals surface area contributed by atoms with Gasteiger partial charge in [-0.15, -0.1) is 11.3 Å². The summed E-state index contributed by atoms with van der Waals surface area (Å²) in [6.07, 6.45) is 4.80. The third kappa shape index (κ3) is 2.36. The Morgan fingerprint density at radius 1 is 1.48 bits per heavy atom. The molecule has 0 radical (unpaired) electrons. The highest BCUT2D eigenvalue weighted by molar-refractivity contribution is 7.17. The fourth-order valence-electron chi connectivity index (χ4n) is 2.84. The first-order valence-corrected chi connectivity index (χ1v) is 7.67. The molecular weight excluding hydrogens is 318 g/mol. The lowest BCUT2D eigenvalue weighted by atomic mass is 9.97. The van der Waals surface area contributed by atoms with Crippen LogP contribution >= 0.6 is 11.3 Å². The molecular formula is C15H13N3O4S. The second-order valence-electron chi connectivity index (χ2n) is 5.18. The average molecular weight is 331 g/mol. The molecule has 0 bridgehead atoms. The van der Waals surface area contributed by atoms with Gasteiger partial charge < -0.3 is 10.0 Å². The van der Waals surface area contributed by atoms with Gasteiger partial charge in [0, 0.05) is 33.6 Å². The van der Waals surface area contributed by atoms with Gasteiger partial charge in [-0.25, -0.2) is 0 Å². The molecule has 1 aliphatic heterocycles. The summed E-state index contributed by atoms with van der Waals surface area (Å²) in [5, 5.41) is 23.4. The Morgan fingerprint density at radius 2 is 2.22 bits per heavy atom. The topological polar surface area (TPSA) is 96.6 Å². The van der Waals surface area contributed by atoms with E-state index < -0.39 is 16.8 Å². The van der Waals surface area contributed by atoms with Crippen molar-refractivity contribution in [3.05, 3.63) is 57.1 Å². The van der Waals surface area contributed by atoms with E-state index in [1.165, 1.54) is 17.4 Å². The van der Waals surface area contributed by atoms with Crippen molar-refractivity contribution >= 4 is 33.1 Å². The van der Waals surface area contributed by atoms with Gasteiger partial charge in [0.15, 0.2) is 5.92 Å². The minimum atomic E-state index is -1.25. The Hall–Kier alpha value is -2.74. The molecule has 23 heavy (non-hydrogen) atoms. The fraction of sp³-hybridized carbons (Fsp3) is 0.200. The number of allylic oxidation sites excluding steroid dienone is 2. The molecule has 3 rings (SSSR count). The van der Waals surface area contributed by atoms with E-state index in [1.807, 2.05) is 11.4 Å². The van der Waals surface area contributed by atoms with E-state index in [9.17, 15) is 20.0 Å². The van der Waals surface area contributed by atoms with Crippen molar-refractivity contribution in [2.24, 2.45) is 5.92 Å². The van der Waals surface area contributed by atoms with Crippen LogP contribution in [-0.4, -0.2) is 21.0 Å². The maximum Gasteiger partial charge on any atom is 0.321 e. The average Bonchev–Trinajstić information content (AvgIpc) is 2.90. The molecule has 0 spiro atoms. The maximum atomic E-state index is 11.4. The molecule has 3 heterocycles. The van der Waals surface area contributed by atoms with Crippen LogP contribution in [-0.2, 0) is 4.79 Å². The van der Waals surface area contributed by atoms with E-state index in [2.05, 4.69) is 4.98 Å². The molecule has 7 nitrogen and oxygen atoms in total. The molecule has 0 fully saturated rings. The number of nitrogens with zero attached hydrogens (tertiary/aromatic N) is 3. The van der Waals surface area contributed by atoms with E-state index >= 15 is 0 Å². The smallest absolute Gasteiger partial charge is 0.321 e. The number of aromatic nitrogens is 1. The number of anilines is 1. The predicted octanol–water partition coefficient (Wildman–Crippen LogP) is 3.23. The zero-order valence-electron chi connectivity index (χ0n) is 12.4. The number of thiophene rings is 1. The molecule has 1 unspecified atom stereocenters. The van der Waals surface area contributed by atoms with Crippen LogP contribution in [0.2, 0.25) is 0 Å². The van der Waals surface area contributed by atoms with Gasteiger partial charge in [0.2, 0.25) is 0 Å². The van der Waals surface area contributed by atoms with Gasteiger partial charge in [-0.3, -0.25) is 19.9 Å². The van der Waals surface area contributed by atoms with E-state index in [-0.39, 0.29) is 5.70 Å². The summed E-state index contributed by atoms with van der Waals surface area (Å²) in [5.74, 6) is -2.48. The molecule has 0 saturated carbocycles. The Morgan fingerprint density at radius 3 is 2.87 bits per heavy atom. The molecule has 118 valence electrons. The van der Waals surface area contributed by atoms with Gasteiger partial charge in [0.1, 0.15) is 0 Å². The van der Waals surface area contributed by atoms with Crippen molar-refractivity contribution in [2.45, 2.75) is 13.8 Å². The number of rotatable bonds is 3. The Bertz CT molecular complexity index is 884. The van der Waals surface area contributed by atoms with E-state index in [0.717, 1.165) is 15.8 Å². The van der Waals surface area contributed by atoms with Crippen LogP contribution in [0.25, 0.3) is 10.1 Å². The van der Waals surface area contributed by atoms with E-state index in [0.29, 0.717) is 11.4 Å². The first kappa shape index (κ1) is 15.2. The van der Waals surface area contributed by atoms with Crippen LogP contribution in [0.4, 0.5) is 5.69 Å². The zero-order chi connectivity index (χ0) is 16.7. The number of pyridine rings is 1. The van der Waals surface area contributed by atoms with Crippen molar-refractivity contribution < 1.29 is 14.8 Å². The Labute approximate surface area is 135 Å². The summed E-state index contributed by atoms with van der Waals surface area (Å²) < 4.78 is 1.01. The molecule has 1 atom stereocenters. The normalized spacial score (nSPS) is 18.3. The quantitative estimate of drug-likeness (QED) is 0.685. The van der Waals surface area contributed by atoms with Crippen LogP contribution in [0.15, 0.2) is 47.0 Å². The number of carboxylic acids is 1. The lowest BCUT2D eigenvalue weighted by Gasteiger charge is -2.30. The lowest BCUT2D eigenvalue weighted by molar-refractivity contribution is -0.432. The maximum absolute atomic E-state index is 11.4. The van der Waals surface area contributed by atoms with Crippen molar-refractivity contribution in [1.82, 2.24) is 4.98 Å².